The average molecular weight is 481 g/mol. The normalized spacial score (nSPS) is 17.3. The van der Waals surface area contributed by atoms with Crippen LogP contribution in [0.4, 0.5) is 19.0 Å². The molecule has 0 amide bonds. The summed E-state index contributed by atoms with van der Waals surface area (Å²) >= 11 is 0. The Balaban J connectivity index is 1.62. The number of fused-ring (bicyclic) bond motifs is 1. The number of hydrogen-bond donors (Lipinski definition) is 1. The summed E-state index contributed by atoms with van der Waals surface area (Å²) in [5, 5.41) is 3.59. The Morgan fingerprint density at radius 3 is 2.55 bits per heavy atom. The average Bonchev–Trinajstić information content (AvgIpc) is 2.75. The van der Waals surface area contributed by atoms with E-state index < -0.39 is 33.7 Å². The highest BCUT2D eigenvalue weighted by Crippen LogP contribution is 2.31. The van der Waals surface area contributed by atoms with Crippen LogP contribution in [0.25, 0.3) is 11.0 Å². The molecule has 0 unspecified atom stereocenters. The number of ether oxygens (including phenoxy) is 1. The number of aryl methyl sites for hydroxylation is 1. The standard InChI is InChI=1S/C22H23F3N4O3S/c1-12(16-4-3-5-17(19(16)23)20(24)25)27-22-18-10-15(11-26-21(18)28-13(2)29-22)32-14-6-8-33(30,31)9-7-14/h3-5,10-12,14,20H,6-9H2,1-2H3,(H,26,27,28,29)/t12-/m1/s1. The van der Waals surface area contributed by atoms with Gasteiger partial charge in [-0.25, -0.2) is 36.5 Å². The first-order chi connectivity index (χ1) is 15.6. The van der Waals surface area contributed by atoms with E-state index in [1.807, 2.05) is 0 Å². The lowest BCUT2D eigenvalue weighted by Gasteiger charge is -2.23. The van der Waals surface area contributed by atoms with Gasteiger partial charge in [-0.05, 0) is 32.8 Å². The van der Waals surface area contributed by atoms with Crippen molar-refractivity contribution in [3.8, 4) is 5.75 Å². The fourth-order valence-electron chi connectivity index (χ4n) is 3.81. The maximum atomic E-state index is 14.6. The van der Waals surface area contributed by atoms with Gasteiger partial charge in [-0.2, -0.15) is 0 Å². The Morgan fingerprint density at radius 1 is 1.15 bits per heavy atom. The molecule has 1 aliphatic heterocycles. The number of benzene rings is 1. The first-order valence-corrected chi connectivity index (χ1v) is 12.3. The SMILES string of the molecule is Cc1nc(N[C@H](C)c2cccc(C(F)F)c2F)c2cc(OC3CCS(=O)(=O)CC3)cnc2n1. The van der Waals surface area contributed by atoms with Crippen molar-refractivity contribution in [1.29, 1.82) is 0 Å². The van der Waals surface area contributed by atoms with E-state index >= 15 is 0 Å². The van der Waals surface area contributed by atoms with E-state index in [1.165, 1.54) is 18.3 Å². The summed E-state index contributed by atoms with van der Waals surface area (Å²) in [5.41, 5.74) is -0.185. The van der Waals surface area contributed by atoms with E-state index in [1.54, 1.807) is 19.9 Å². The number of rotatable bonds is 6. The van der Waals surface area contributed by atoms with Crippen molar-refractivity contribution in [3.63, 3.8) is 0 Å². The number of aromatic nitrogens is 3. The van der Waals surface area contributed by atoms with Gasteiger partial charge >= 0.3 is 0 Å². The first kappa shape index (κ1) is 23.2. The lowest BCUT2D eigenvalue weighted by molar-refractivity contribution is 0.146. The number of sulfone groups is 1. The fourth-order valence-corrected chi connectivity index (χ4v) is 5.26. The molecule has 1 N–H and O–H groups in total. The van der Waals surface area contributed by atoms with Crippen LogP contribution in [0.3, 0.4) is 0 Å². The van der Waals surface area contributed by atoms with Crippen LogP contribution < -0.4 is 10.1 Å². The number of alkyl halides is 2. The second kappa shape index (κ2) is 9.12. The van der Waals surface area contributed by atoms with E-state index in [0.29, 0.717) is 41.3 Å². The highest BCUT2D eigenvalue weighted by molar-refractivity contribution is 7.91. The predicted octanol–water partition coefficient (Wildman–Crippen LogP) is 4.54. The Bertz CT molecular complexity index is 1270. The topological polar surface area (TPSA) is 94.1 Å². The van der Waals surface area contributed by atoms with Gasteiger partial charge in [0.05, 0.1) is 34.7 Å². The molecule has 2 aromatic heterocycles. The quantitative estimate of drug-likeness (QED) is 0.554. The molecule has 33 heavy (non-hydrogen) atoms. The monoisotopic (exact) mass is 480 g/mol. The highest BCUT2D eigenvalue weighted by atomic mass is 32.2. The maximum absolute atomic E-state index is 14.6. The van der Waals surface area contributed by atoms with Crippen molar-refractivity contribution < 1.29 is 26.3 Å². The molecule has 0 saturated carbocycles. The van der Waals surface area contributed by atoms with E-state index in [0.717, 1.165) is 6.07 Å². The molecule has 11 heteroatoms. The van der Waals surface area contributed by atoms with Crippen LogP contribution >= 0.6 is 0 Å². The maximum Gasteiger partial charge on any atom is 0.266 e. The molecular weight excluding hydrogens is 457 g/mol. The number of pyridine rings is 1. The van der Waals surface area contributed by atoms with Gasteiger partial charge in [0.15, 0.2) is 15.5 Å². The number of halogens is 3. The van der Waals surface area contributed by atoms with E-state index in [2.05, 4.69) is 20.3 Å². The van der Waals surface area contributed by atoms with Crippen molar-refractivity contribution in [2.45, 2.75) is 45.3 Å². The van der Waals surface area contributed by atoms with Crippen molar-refractivity contribution in [3.05, 3.63) is 53.2 Å². The van der Waals surface area contributed by atoms with Gasteiger partial charge < -0.3 is 10.1 Å². The molecule has 0 radical (unpaired) electrons. The summed E-state index contributed by atoms with van der Waals surface area (Å²) in [5.74, 6) is 0.412. The summed E-state index contributed by atoms with van der Waals surface area (Å²) in [4.78, 5) is 13.0. The third-order valence-electron chi connectivity index (χ3n) is 5.56. The van der Waals surface area contributed by atoms with Crippen molar-refractivity contribution in [2.24, 2.45) is 0 Å². The van der Waals surface area contributed by atoms with Crippen LogP contribution in [0.2, 0.25) is 0 Å². The van der Waals surface area contributed by atoms with Crippen LogP contribution in [0.5, 0.6) is 5.75 Å². The van der Waals surface area contributed by atoms with Crippen LogP contribution in [0, 0.1) is 12.7 Å². The second-order valence-corrected chi connectivity index (χ2v) is 10.4. The van der Waals surface area contributed by atoms with Crippen LogP contribution in [0.1, 0.15) is 49.2 Å². The van der Waals surface area contributed by atoms with Crippen molar-refractivity contribution >= 4 is 26.7 Å². The van der Waals surface area contributed by atoms with Gasteiger partial charge in [-0.1, -0.05) is 18.2 Å². The van der Waals surface area contributed by atoms with E-state index in [9.17, 15) is 21.6 Å². The molecule has 1 atom stereocenters. The lowest BCUT2D eigenvalue weighted by Crippen LogP contribution is -2.30. The molecule has 1 saturated heterocycles. The van der Waals surface area contributed by atoms with E-state index in [-0.39, 0.29) is 23.2 Å². The van der Waals surface area contributed by atoms with E-state index in [4.69, 9.17) is 4.74 Å². The predicted molar refractivity (Wildman–Crippen MR) is 118 cm³/mol. The molecule has 3 aromatic rings. The number of nitrogens with zero attached hydrogens (tertiary/aromatic N) is 3. The zero-order valence-electron chi connectivity index (χ0n) is 18.1. The zero-order valence-corrected chi connectivity index (χ0v) is 18.9. The zero-order chi connectivity index (χ0) is 23.8. The molecule has 1 aliphatic rings. The molecule has 0 bridgehead atoms. The lowest BCUT2D eigenvalue weighted by atomic mass is 10.0. The minimum atomic E-state index is -3.01. The summed E-state index contributed by atoms with van der Waals surface area (Å²) in [6, 6.07) is 4.91. The Morgan fingerprint density at radius 2 is 1.85 bits per heavy atom. The molecule has 7 nitrogen and oxygen atoms in total. The Kier molecular flexibility index (Phi) is 6.42. The molecular formula is C22H23F3N4O3S. The van der Waals surface area contributed by atoms with Crippen molar-refractivity contribution in [2.75, 3.05) is 16.8 Å². The third kappa shape index (κ3) is 5.18. The minimum absolute atomic E-state index is 0.0779. The summed E-state index contributed by atoms with van der Waals surface area (Å²) in [7, 11) is -3.01. The number of anilines is 1. The molecule has 0 aliphatic carbocycles. The van der Waals surface area contributed by atoms with Gasteiger partial charge in [0.25, 0.3) is 6.43 Å². The summed E-state index contributed by atoms with van der Waals surface area (Å²) in [6.45, 7) is 3.33. The largest absolute Gasteiger partial charge is 0.489 e. The van der Waals surface area contributed by atoms with Gasteiger partial charge in [0, 0.05) is 5.56 Å². The summed E-state index contributed by atoms with van der Waals surface area (Å²) < 4.78 is 70.0. The Labute approximate surface area is 189 Å². The molecule has 1 fully saturated rings. The van der Waals surface area contributed by atoms with Crippen LogP contribution in [0.15, 0.2) is 30.5 Å². The number of hydrogen-bond acceptors (Lipinski definition) is 7. The fraction of sp³-hybridized carbons (Fsp3) is 0.409. The molecule has 176 valence electrons. The van der Waals surface area contributed by atoms with Crippen molar-refractivity contribution in [1.82, 2.24) is 15.0 Å². The molecule has 4 rings (SSSR count). The number of nitrogens with one attached hydrogen (secondary N) is 1. The third-order valence-corrected chi connectivity index (χ3v) is 7.27. The summed E-state index contributed by atoms with van der Waals surface area (Å²) in [6.07, 6.45) is -0.866. The van der Waals surface area contributed by atoms with Gasteiger partial charge in [-0.15, -0.1) is 0 Å². The first-order valence-electron chi connectivity index (χ1n) is 10.5. The molecule has 1 aromatic carbocycles. The Hall–Kier alpha value is -2.95. The van der Waals surface area contributed by atoms with Gasteiger partial charge in [0.1, 0.15) is 29.3 Å². The van der Waals surface area contributed by atoms with Crippen LogP contribution in [-0.2, 0) is 9.84 Å². The van der Waals surface area contributed by atoms with Gasteiger partial charge in [-0.3, -0.25) is 0 Å². The van der Waals surface area contributed by atoms with Crippen LogP contribution in [-0.4, -0.2) is 41.0 Å². The second-order valence-electron chi connectivity index (χ2n) is 8.05. The van der Waals surface area contributed by atoms with Gasteiger partial charge in [0.2, 0.25) is 0 Å². The molecule has 0 spiro atoms. The highest BCUT2D eigenvalue weighted by Gasteiger charge is 2.25. The molecule has 3 heterocycles. The minimum Gasteiger partial charge on any atom is -0.489 e. The smallest absolute Gasteiger partial charge is 0.266 e.